The zero-order valence-corrected chi connectivity index (χ0v) is 10.8. The molecule has 2 aromatic carbocycles. The molecule has 1 N–H and O–H groups in total. The average Bonchev–Trinajstić information content (AvgIpc) is 2.89. The summed E-state index contributed by atoms with van der Waals surface area (Å²) in [5.41, 5.74) is 1.08. The van der Waals surface area contributed by atoms with Crippen LogP contribution in [0.2, 0.25) is 0 Å². The van der Waals surface area contributed by atoms with Gasteiger partial charge in [0.05, 0.1) is 6.42 Å². The fourth-order valence-corrected chi connectivity index (χ4v) is 1.92. The zero-order valence-electron chi connectivity index (χ0n) is 10.8. The molecule has 3 rings (SSSR count). The lowest BCUT2D eigenvalue weighted by molar-refractivity contribution is 0.385. The van der Waals surface area contributed by atoms with Gasteiger partial charge in [0.1, 0.15) is 17.4 Å². The fraction of sp³-hybridized carbons (Fsp3) is 0.0667. The Balaban J connectivity index is 1.84. The third-order valence-electron chi connectivity index (χ3n) is 2.88. The zero-order chi connectivity index (χ0) is 14.8. The Labute approximate surface area is 118 Å². The van der Waals surface area contributed by atoms with Crippen molar-refractivity contribution in [1.82, 2.24) is 10.1 Å². The summed E-state index contributed by atoms with van der Waals surface area (Å²) in [4.78, 5) is 4.11. The standard InChI is InChI=1S/C15H10F2N2O2/c16-11-6-10(7-12(17)8-11)15-18-14(21-19-15)5-9-1-3-13(20)4-2-9/h1-4,6-8,20H,5H2. The van der Waals surface area contributed by atoms with E-state index < -0.39 is 11.6 Å². The Kier molecular flexibility index (Phi) is 3.35. The topological polar surface area (TPSA) is 59.2 Å². The van der Waals surface area contributed by atoms with Crippen LogP contribution in [-0.4, -0.2) is 15.2 Å². The van der Waals surface area contributed by atoms with Crippen molar-refractivity contribution in [3.05, 3.63) is 65.6 Å². The molecule has 0 bridgehead atoms. The van der Waals surface area contributed by atoms with Crippen molar-refractivity contribution in [2.75, 3.05) is 0 Å². The molecule has 0 unspecified atom stereocenters. The van der Waals surface area contributed by atoms with Crippen molar-refractivity contribution in [2.45, 2.75) is 6.42 Å². The van der Waals surface area contributed by atoms with E-state index >= 15 is 0 Å². The molecule has 6 heteroatoms. The quantitative estimate of drug-likeness (QED) is 0.803. The number of hydrogen-bond donors (Lipinski definition) is 1. The number of nitrogens with zero attached hydrogens (tertiary/aromatic N) is 2. The lowest BCUT2D eigenvalue weighted by Gasteiger charge is -1.97. The third-order valence-corrected chi connectivity index (χ3v) is 2.88. The summed E-state index contributed by atoms with van der Waals surface area (Å²) in [6.45, 7) is 0. The van der Waals surface area contributed by atoms with Crippen LogP contribution in [0, 0.1) is 11.6 Å². The highest BCUT2D eigenvalue weighted by molar-refractivity contribution is 5.54. The Hall–Kier alpha value is -2.76. The second-order valence-electron chi connectivity index (χ2n) is 4.51. The number of phenolic OH excluding ortho intramolecular Hbond substituents is 1. The molecule has 1 heterocycles. The molecule has 0 fully saturated rings. The molecule has 3 aromatic rings. The smallest absolute Gasteiger partial charge is 0.231 e. The van der Waals surface area contributed by atoms with Gasteiger partial charge in [-0.25, -0.2) is 8.78 Å². The van der Waals surface area contributed by atoms with Crippen molar-refractivity contribution >= 4 is 0 Å². The lowest BCUT2D eigenvalue weighted by Crippen LogP contribution is -1.89. The molecule has 0 aliphatic heterocycles. The fourth-order valence-electron chi connectivity index (χ4n) is 1.92. The molecular formula is C15H10F2N2O2. The normalized spacial score (nSPS) is 10.8. The van der Waals surface area contributed by atoms with Crippen LogP contribution in [-0.2, 0) is 6.42 Å². The molecule has 4 nitrogen and oxygen atoms in total. The van der Waals surface area contributed by atoms with Crippen LogP contribution in [0.4, 0.5) is 8.78 Å². The summed E-state index contributed by atoms with van der Waals surface area (Å²) >= 11 is 0. The molecule has 1 aromatic heterocycles. The second-order valence-corrected chi connectivity index (χ2v) is 4.51. The van der Waals surface area contributed by atoms with Gasteiger partial charge in [-0.1, -0.05) is 17.3 Å². The predicted octanol–water partition coefficient (Wildman–Crippen LogP) is 3.31. The SMILES string of the molecule is Oc1ccc(Cc2nc(-c3cc(F)cc(F)c3)no2)cc1. The number of rotatable bonds is 3. The Morgan fingerprint density at radius 2 is 1.67 bits per heavy atom. The van der Waals surface area contributed by atoms with Crippen molar-refractivity contribution in [3.63, 3.8) is 0 Å². The molecular weight excluding hydrogens is 278 g/mol. The number of aromatic nitrogens is 2. The van der Waals surface area contributed by atoms with Crippen molar-refractivity contribution < 1.29 is 18.4 Å². The van der Waals surface area contributed by atoms with Crippen LogP contribution < -0.4 is 0 Å². The Morgan fingerprint density at radius 1 is 1.00 bits per heavy atom. The predicted molar refractivity (Wildman–Crippen MR) is 70.6 cm³/mol. The maximum absolute atomic E-state index is 13.2. The van der Waals surface area contributed by atoms with Crippen molar-refractivity contribution in [1.29, 1.82) is 0 Å². The van der Waals surface area contributed by atoms with Crippen LogP contribution in [0.15, 0.2) is 47.0 Å². The van der Waals surface area contributed by atoms with E-state index in [1.54, 1.807) is 24.3 Å². The summed E-state index contributed by atoms with van der Waals surface area (Å²) in [7, 11) is 0. The second kappa shape index (κ2) is 5.32. The van der Waals surface area contributed by atoms with Crippen LogP contribution in [0.3, 0.4) is 0 Å². The van der Waals surface area contributed by atoms with Gasteiger partial charge >= 0.3 is 0 Å². The highest BCUT2D eigenvalue weighted by Crippen LogP contribution is 2.20. The number of benzene rings is 2. The molecule has 21 heavy (non-hydrogen) atoms. The maximum Gasteiger partial charge on any atom is 0.231 e. The minimum Gasteiger partial charge on any atom is -0.508 e. The van der Waals surface area contributed by atoms with Gasteiger partial charge in [0.25, 0.3) is 0 Å². The van der Waals surface area contributed by atoms with Gasteiger partial charge < -0.3 is 9.63 Å². The minimum absolute atomic E-state index is 0.127. The van der Waals surface area contributed by atoms with E-state index in [0.29, 0.717) is 12.3 Å². The summed E-state index contributed by atoms with van der Waals surface area (Å²) in [6.07, 6.45) is 0.366. The van der Waals surface area contributed by atoms with E-state index in [2.05, 4.69) is 10.1 Å². The number of hydrogen-bond acceptors (Lipinski definition) is 4. The summed E-state index contributed by atoms with van der Waals surface area (Å²) < 4.78 is 31.4. The van der Waals surface area contributed by atoms with E-state index in [0.717, 1.165) is 23.8 Å². The number of phenols is 1. The van der Waals surface area contributed by atoms with Crippen LogP contribution in [0.25, 0.3) is 11.4 Å². The van der Waals surface area contributed by atoms with Gasteiger partial charge in [0, 0.05) is 11.6 Å². The molecule has 0 radical (unpaired) electrons. The molecule has 106 valence electrons. The number of aromatic hydroxyl groups is 1. The minimum atomic E-state index is -0.699. The average molecular weight is 288 g/mol. The van der Waals surface area contributed by atoms with Gasteiger partial charge in [-0.05, 0) is 29.8 Å². The Bertz CT molecular complexity index is 749. The van der Waals surface area contributed by atoms with E-state index in [9.17, 15) is 13.9 Å². The molecule has 0 saturated carbocycles. The lowest BCUT2D eigenvalue weighted by atomic mass is 10.1. The van der Waals surface area contributed by atoms with Gasteiger partial charge in [-0.15, -0.1) is 0 Å². The summed E-state index contributed by atoms with van der Waals surface area (Å²) in [6, 6.07) is 9.60. The van der Waals surface area contributed by atoms with Gasteiger partial charge in [-0.3, -0.25) is 0 Å². The first-order valence-electron chi connectivity index (χ1n) is 6.17. The van der Waals surface area contributed by atoms with Crippen molar-refractivity contribution in [3.8, 4) is 17.1 Å². The highest BCUT2D eigenvalue weighted by Gasteiger charge is 2.11. The largest absolute Gasteiger partial charge is 0.508 e. The molecule has 0 spiro atoms. The third kappa shape index (κ3) is 3.05. The maximum atomic E-state index is 13.2. The molecule has 0 saturated heterocycles. The van der Waals surface area contributed by atoms with Crippen LogP contribution >= 0.6 is 0 Å². The monoisotopic (exact) mass is 288 g/mol. The van der Waals surface area contributed by atoms with E-state index in [4.69, 9.17) is 4.52 Å². The Morgan fingerprint density at radius 3 is 2.33 bits per heavy atom. The van der Waals surface area contributed by atoms with Crippen LogP contribution in [0.1, 0.15) is 11.5 Å². The van der Waals surface area contributed by atoms with Crippen molar-refractivity contribution in [2.24, 2.45) is 0 Å². The van der Waals surface area contributed by atoms with Gasteiger partial charge in [0.2, 0.25) is 11.7 Å². The first-order valence-corrected chi connectivity index (χ1v) is 6.17. The summed E-state index contributed by atoms with van der Waals surface area (Å²) in [5.74, 6) is -0.785. The van der Waals surface area contributed by atoms with Gasteiger partial charge in [0.15, 0.2) is 0 Å². The van der Waals surface area contributed by atoms with Crippen LogP contribution in [0.5, 0.6) is 5.75 Å². The molecule has 0 atom stereocenters. The van der Waals surface area contributed by atoms with E-state index in [-0.39, 0.29) is 17.1 Å². The summed E-state index contributed by atoms with van der Waals surface area (Å²) in [5, 5.41) is 12.9. The number of halogens is 2. The first-order chi connectivity index (χ1) is 10.1. The van der Waals surface area contributed by atoms with E-state index in [1.807, 2.05) is 0 Å². The molecule has 0 aliphatic carbocycles. The highest BCUT2D eigenvalue weighted by atomic mass is 19.1. The molecule has 0 amide bonds. The van der Waals surface area contributed by atoms with E-state index in [1.165, 1.54) is 0 Å². The van der Waals surface area contributed by atoms with Gasteiger partial charge in [-0.2, -0.15) is 4.98 Å². The molecule has 0 aliphatic rings. The first kappa shape index (κ1) is 13.2.